The summed E-state index contributed by atoms with van der Waals surface area (Å²) in [6.07, 6.45) is 4.33. The standard InChI is InChI=1S/C17H11NO6/c1-2-10-4-3-5-14(6-10)24-17(23)18-13-8-11(15(19)20)7-12(9-13)16(21)22/h1,3-9H,(H,18,23)(H,19,20)(H,21,22). The van der Waals surface area contributed by atoms with Crippen LogP contribution in [0, 0.1) is 12.3 Å². The SMILES string of the molecule is C#Cc1cccc(OC(=O)Nc2cc(C(=O)O)cc(C(=O)O)c2)c1. The van der Waals surface area contributed by atoms with Crippen LogP contribution in [0.25, 0.3) is 0 Å². The quantitative estimate of drug-likeness (QED) is 0.745. The first kappa shape index (κ1) is 16.6. The molecule has 2 aromatic carbocycles. The maximum Gasteiger partial charge on any atom is 0.417 e. The van der Waals surface area contributed by atoms with Crippen molar-refractivity contribution in [3.05, 3.63) is 59.2 Å². The van der Waals surface area contributed by atoms with Crippen LogP contribution in [0.3, 0.4) is 0 Å². The monoisotopic (exact) mass is 325 g/mol. The summed E-state index contributed by atoms with van der Waals surface area (Å²) in [5.41, 5.74) is -0.0641. The molecule has 0 aliphatic carbocycles. The Labute approximate surface area is 136 Å². The van der Waals surface area contributed by atoms with Crippen molar-refractivity contribution in [1.29, 1.82) is 0 Å². The summed E-state index contributed by atoms with van der Waals surface area (Å²) in [5.74, 6) is -0.0674. The van der Waals surface area contributed by atoms with Crippen LogP contribution in [0.4, 0.5) is 10.5 Å². The summed E-state index contributed by atoms with van der Waals surface area (Å²) >= 11 is 0. The van der Waals surface area contributed by atoms with Crippen molar-refractivity contribution in [2.45, 2.75) is 0 Å². The summed E-state index contributed by atoms with van der Waals surface area (Å²) in [6.45, 7) is 0. The van der Waals surface area contributed by atoms with E-state index < -0.39 is 18.0 Å². The number of aromatic carboxylic acids is 2. The number of anilines is 1. The highest BCUT2D eigenvalue weighted by atomic mass is 16.6. The Morgan fingerprint density at radius 1 is 1.00 bits per heavy atom. The molecule has 0 saturated heterocycles. The van der Waals surface area contributed by atoms with Crippen LogP contribution in [0.2, 0.25) is 0 Å². The van der Waals surface area contributed by atoms with Gasteiger partial charge in [-0.25, -0.2) is 14.4 Å². The molecule has 2 rings (SSSR count). The first-order chi connectivity index (χ1) is 11.4. The molecule has 0 atom stereocenters. The van der Waals surface area contributed by atoms with Gasteiger partial charge in [0.05, 0.1) is 11.1 Å². The number of hydrogen-bond acceptors (Lipinski definition) is 4. The Morgan fingerprint density at radius 3 is 2.17 bits per heavy atom. The van der Waals surface area contributed by atoms with Crippen molar-refractivity contribution in [2.24, 2.45) is 0 Å². The number of ether oxygens (including phenoxy) is 1. The van der Waals surface area contributed by atoms with Crippen LogP contribution in [0.5, 0.6) is 5.75 Å². The lowest BCUT2D eigenvalue weighted by Crippen LogP contribution is -2.17. The van der Waals surface area contributed by atoms with Gasteiger partial charge in [-0.1, -0.05) is 12.0 Å². The molecule has 3 N–H and O–H groups in total. The number of carboxylic acids is 2. The minimum Gasteiger partial charge on any atom is -0.478 e. The molecular formula is C17H11NO6. The van der Waals surface area contributed by atoms with Gasteiger partial charge in [-0.3, -0.25) is 5.32 Å². The zero-order valence-corrected chi connectivity index (χ0v) is 12.1. The molecule has 2 aromatic rings. The van der Waals surface area contributed by atoms with Gasteiger partial charge >= 0.3 is 18.0 Å². The smallest absolute Gasteiger partial charge is 0.417 e. The molecule has 0 saturated carbocycles. The fraction of sp³-hybridized carbons (Fsp3) is 0. The summed E-state index contributed by atoms with van der Waals surface area (Å²) in [4.78, 5) is 33.9. The van der Waals surface area contributed by atoms with Gasteiger partial charge in [0, 0.05) is 11.3 Å². The number of carboxylic acid groups (broad SMARTS) is 2. The van der Waals surface area contributed by atoms with E-state index in [1.165, 1.54) is 12.1 Å². The molecule has 0 spiro atoms. The normalized spacial score (nSPS) is 9.62. The number of rotatable bonds is 4. The second kappa shape index (κ2) is 6.98. The molecular weight excluding hydrogens is 314 g/mol. The molecule has 0 radical (unpaired) electrons. The average Bonchev–Trinajstić information content (AvgIpc) is 2.54. The van der Waals surface area contributed by atoms with Gasteiger partial charge in [0.1, 0.15) is 5.75 Å². The van der Waals surface area contributed by atoms with Gasteiger partial charge in [0.2, 0.25) is 0 Å². The Bertz CT molecular complexity index is 833. The molecule has 0 unspecified atom stereocenters. The van der Waals surface area contributed by atoms with E-state index in [9.17, 15) is 14.4 Å². The summed E-state index contributed by atoms with van der Waals surface area (Å²) < 4.78 is 5.02. The largest absolute Gasteiger partial charge is 0.478 e. The number of carbonyl (C=O) groups excluding carboxylic acids is 1. The van der Waals surface area contributed by atoms with Gasteiger partial charge in [-0.15, -0.1) is 6.42 Å². The van der Waals surface area contributed by atoms with E-state index in [2.05, 4.69) is 11.2 Å². The third kappa shape index (κ3) is 4.11. The number of nitrogens with one attached hydrogen (secondary N) is 1. The number of benzene rings is 2. The van der Waals surface area contributed by atoms with E-state index in [0.29, 0.717) is 5.56 Å². The molecule has 7 heteroatoms. The number of carbonyl (C=O) groups is 3. The van der Waals surface area contributed by atoms with E-state index in [0.717, 1.165) is 18.2 Å². The van der Waals surface area contributed by atoms with Gasteiger partial charge in [-0.05, 0) is 36.4 Å². The lowest BCUT2D eigenvalue weighted by atomic mass is 10.1. The molecule has 0 aliphatic rings. The molecule has 0 aliphatic heterocycles. The maximum absolute atomic E-state index is 11.9. The summed E-state index contributed by atoms with van der Waals surface area (Å²) in [7, 11) is 0. The van der Waals surface area contributed by atoms with Crippen molar-refractivity contribution in [3.8, 4) is 18.1 Å². The molecule has 0 fully saturated rings. The Hall–Kier alpha value is -3.79. The van der Waals surface area contributed by atoms with Crippen molar-refractivity contribution in [1.82, 2.24) is 0 Å². The number of hydrogen-bond donors (Lipinski definition) is 3. The summed E-state index contributed by atoms with van der Waals surface area (Å²) in [5, 5.41) is 20.3. The Morgan fingerprint density at radius 2 is 1.62 bits per heavy atom. The second-order valence-corrected chi connectivity index (χ2v) is 4.60. The van der Waals surface area contributed by atoms with Crippen molar-refractivity contribution < 1.29 is 29.3 Å². The fourth-order valence-electron chi connectivity index (χ4n) is 1.85. The van der Waals surface area contributed by atoms with Crippen LogP contribution < -0.4 is 10.1 Å². The van der Waals surface area contributed by atoms with Gasteiger partial charge in [-0.2, -0.15) is 0 Å². The average molecular weight is 325 g/mol. The van der Waals surface area contributed by atoms with Crippen LogP contribution in [-0.4, -0.2) is 28.2 Å². The van der Waals surface area contributed by atoms with Crippen LogP contribution in [0.15, 0.2) is 42.5 Å². The number of terminal acetylenes is 1. The lowest BCUT2D eigenvalue weighted by molar-refractivity contribution is 0.0696. The first-order valence-electron chi connectivity index (χ1n) is 6.56. The highest BCUT2D eigenvalue weighted by molar-refractivity contribution is 5.97. The topological polar surface area (TPSA) is 113 Å². The highest BCUT2D eigenvalue weighted by Gasteiger charge is 2.13. The molecule has 120 valence electrons. The minimum absolute atomic E-state index is 0.0228. The predicted octanol–water partition coefficient (Wildman–Crippen LogP) is 2.68. The second-order valence-electron chi connectivity index (χ2n) is 4.60. The van der Waals surface area contributed by atoms with Crippen LogP contribution in [-0.2, 0) is 0 Å². The van der Waals surface area contributed by atoms with Crippen molar-refractivity contribution in [3.63, 3.8) is 0 Å². The van der Waals surface area contributed by atoms with Gasteiger partial charge in [0.15, 0.2) is 0 Å². The molecule has 1 amide bonds. The molecule has 7 nitrogen and oxygen atoms in total. The Kier molecular flexibility index (Phi) is 4.82. The van der Waals surface area contributed by atoms with Crippen LogP contribution in [0.1, 0.15) is 26.3 Å². The Balaban J connectivity index is 2.20. The van der Waals surface area contributed by atoms with Crippen molar-refractivity contribution >= 4 is 23.7 Å². The van der Waals surface area contributed by atoms with E-state index in [1.54, 1.807) is 12.1 Å². The first-order valence-corrected chi connectivity index (χ1v) is 6.56. The van der Waals surface area contributed by atoms with E-state index in [-0.39, 0.29) is 22.6 Å². The lowest BCUT2D eigenvalue weighted by Gasteiger charge is -2.09. The summed E-state index contributed by atoms with van der Waals surface area (Å²) in [6, 6.07) is 9.46. The third-order valence-electron chi connectivity index (χ3n) is 2.88. The van der Waals surface area contributed by atoms with E-state index >= 15 is 0 Å². The van der Waals surface area contributed by atoms with Crippen molar-refractivity contribution in [2.75, 3.05) is 5.32 Å². The molecule has 24 heavy (non-hydrogen) atoms. The highest BCUT2D eigenvalue weighted by Crippen LogP contribution is 2.17. The predicted molar refractivity (Wildman–Crippen MR) is 84.4 cm³/mol. The van der Waals surface area contributed by atoms with E-state index in [4.69, 9.17) is 21.4 Å². The zero-order chi connectivity index (χ0) is 17.7. The molecule has 0 bridgehead atoms. The van der Waals surface area contributed by atoms with E-state index in [1.807, 2.05) is 0 Å². The third-order valence-corrected chi connectivity index (χ3v) is 2.88. The zero-order valence-electron chi connectivity index (χ0n) is 12.1. The fourth-order valence-corrected chi connectivity index (χ4v) is 1.85. The molecule has 0 aromatic heterocycles. The number of amides is 1. The van der Waals surface area contributed by atoms with Gasteiger partial charge < -0.3 is 14.9 Å². The van der Waals surface area contributed by atoms with Crippen LogP contribution >= 0.6 is 0 Å². The minimum atomic E-state index is -1.32. The van der Waals surface area contributed by atoms with Gasteiger partial charge in [0.25, 0.3) is 0 Å². The maximum atomic E-state index is 11.9. The molecule has 0 heterocycles.